The summed E-state index contributed by atoms with van der Waals surface area (Å²) in [5.41, 5.74) is 4.29. The van der Waals surface area contributed by atoms with Gasteiger partial charge in [0.25, 0.3) is 5.91 Å². The minimum absolute atomic E-state index is 0.123. The second-order valence-corrected chi connectivity index (χ2v) is 8.23. The van der Waals surface area contributed by atoms with Crippen molar-refractivity contribution < 1.29 is 4.79 Å². The molecule has 1 aliphatic carbocycles. The van der Waals surface area contributed by atoms with E-state index in [1.807, 2.05) is 27.8 Å². The number of aryl methyl sites for hydroxylation is 1. The third-order valence-electron chi connectivity index (χ3n) is 6.03. The minimum Gasteiger partial charge on any atom is -0.337 e. The molecule has 2 aliphatic rings. The predicted molar refractivity (Wildman–Crippen MR) is 112 cm³/mol. The van der Waals surface area contributed by atoms with Gasteiger partial charge in [0, 0.05) is 42.0 Å². The van der Waals surface area contributed by atoms with Crippen molar-refractivity contribution >= 4 is 17.5 Å². The lowest BCUT2D eigenvalue weighted by atomic mass is 9.91. The largest absolute Gasteiger partial charge is 0.337 e. The standard InChI is InChI=1S/C22H29ClN4O/c1-2-27-20-10-9-17(24-12-11-16-7-3-4-8-19(16)23)15-18(20)21(25-27)22(28)26-13-5-6-14-26/h3-4,7-8,17,24H,2,5-6,9-15H2,1H3/t17-/m1/s1. The zero-order chi connectivity index (χ0) is 19.5. The van der Waals surface area contributed by atoms with Crippen LogP contribution in [0.2, 0.25) is 5.02 Å². The number of likely N-dealkylation sites (tertiary alicyclic amines) is 1. The van der Waals surface area contributed by atoms with Crippen LogP contribution >= 0.6 is 11.6 Å². The summed E-state index contributed by atoms with van der Waals surface area (Å²) in [6, 6.07) is 8.41. The topological polar surface area (TPSA) is 50.2 Å². The first-order chi connectivity index (χ1) is 13.7. The van der Waals surface area contributed by atoms with Gasteiger partial charge in [-0.3, -0.25) is 9.48 Å². The maximum absolute atomic E-state index is 13.0. The van der Waals surface area contributed by atoms with E-state index in [9.17, 15) is 4.79 Å². The summed E-state index contributed by atoms with van der Waals surface area (Å²) in [4.78, 5) is 15.0. The van der Waals surface area contributed by atoms with Crippen LogP contribution in [-0.4, -0.2) is 46.3 Å². The van der Waals surface area contributed by atoms with Crippen LogP contribution in [0.15, 0.2) is 24.3 Å². The fourth-order valence-electron chi connectivity index (χ4n) is 4.48. The van der Waals surface area contributed by atoms with Gasteiger partial charge in [-0.15, -0.1) is 0 Å². The number of fused-ring (bicyclic) bond motifs is 1. The number of hydrogen-bond acceptors (Lipinski definition) is 3. The molecular formula is C22H29ClN4O. The Morgan fingerprint density at radius 1 is 1.29 bits per heavy atom. The predicted octanol–water partition coefficient (Wildman–Crippen LogP) is 3.48. The minimum atomic E-state index is 0.123. The molecule has 1 aromatic heterocycles. The molecule has 5 nitrogen and oxygen atoms in total. The molecule has 1 aliphatic heterocycles. The molecule has 1 aromatic carbocycles. The molecule has 0 saturated carbocycles. The number of rotatable bonds is 6. The van der Waals surface area contributed by atoms with Crippen LogP contribution in [0.4, 0.5) is 0 Å². The second-order valence-electron chi connectivity index (χ2n) is 7.82. The van der Waals surface area contributed by atoms with E-state index in [-0.39, 0.29) is 5.91 Å². The molecule has 1 saturated heterocycles. The average molecular weight is 401 g/mol. The monoisotopic (exact) mass is 400 g/mol. The molecule has 2 aromatic rings. The summed E-state index contributed by atoms with van der Waals surface area (Å²) < 4.78 is 2.04. The van der Waals surface area contributed by atoms with Gasteiger partial charge in [-0.05, 0) is 63.6 Å². The molecule has 2 heterocycles. The molecule has 4 rings (SSSR count). The fourth-order valence-corrected chi connectivity index (χ4v) is 4.71. The highest BCUT2D eigenvalue weighted by atomic mass is 35.5. The molecule has 0 spiro atoms. The zero-order valence-corrected chi connectivity index (χ0v) is 17.3. The lowest BCUT2D eigenvalue weighted by Gasteiger charge is -2.25. The summed E-state index contributed by atoms with van der Waals surface area (Å²) in [5.74, 6) is 0.123. The van der Waals surface area contributed by atoms with Crippen molar-refractivity contribution in [2.45, 2.75) is 58.0 Å². The Labute approximate surface area is 172 Å². The number of hydrogen-bond donors (Lipinski definition) is 1. The second kappa shape index (κ2) is 8.66. The van der Waals surface area contributed by atoms with E-state index in [2.05, 4.69) is 18.3 Å². The van der Waals surface area contributed by atoms with Crippen molar-refractivity contribution in [2.24, 2.45) is 0 Å². The van der Waals surface area contributed by atoms with Crippen molar-refractivity contribution in [3.05, 3.63) is 51.8 Å². The lowest BCUT2D eigenvalue weighted by Crippen LogP contribution is -2.37. The number of nitrogens with zero attached hydrogens (tertiary/aromatic N) is 3. The number of amides is 1. The molecule has 150 valence electrons. The Morgan fingerprint density at radius 2 is 2.07 bits per heavy atom. The van der Waals surface area contributed by atoms with Crippen molar-refractivity contribution in [3.8, 4) is 0 Å². The van der Waals surface area contributed by atoms with Crippen molar-refractivity contribution in [2.75, 3.05) is 19.6 Å². The number of carbonyl (C=O) groups is 1. The summed E-state index contributed by atoms with van der Waals surface area (Å²) in [6.45, 7) is 5.55. The van der Waals surface area contributed by atoms with Crippen LogP contribution in [0.25, 0.3) is 0 Å². The van der Waals surface area contributed by atoms with Gasteiger partial charge in [-0.2, -0.15) is 5.10 Å². The lowest BCUT2D eigenvalue weighted by molar-refractivity contribution is 0.0785. The molecule has 0 bridgehead atoms. The van der Waals surface area contributed by atoms with E-state index in [4.69, 9.17) is 16.7 Å². The van der Waals surface area contributed by atoms with Crippen LogP contribution in [-0.2, 0) is 25.8 Å². The molecule has 0 radical (unpaired) electrons. The number of nitrogens with one attached hydrogen (secondary N) is 1. The Balaban J connectivity index is 1.44. The normalized spacial score (nSPS) is 19.1. The van der Waals surface area contributed by atoms with Crippen LogP contribution < -0.4 is 5.32 Å². The maximum atomic E-state index is 13.0. The van der Waals surface area contributed by atoms with Gasteiger partial charge < -0.3 is 10.2 Å². The highest BCUT2D eigenvalue weighted by Crippen LogP contribution is 2.27. The van der Waals surface area contributed by atoms with E-state index in [0.717, 1.165) is 69.7 Å². The Hall–Kier alpha value is -1.85. The number of carbonyl (C=O) groups excluding carboxylic acids is 1. The van der Waals surface area contributed by atoms with Crippen LogP contribution in [0.3, 0.4) is 0 Å². The van der Waals surface area contributed by atoms with Gasteiger partial charge in [-0.1, -0.05) is 29.8 Å². The van der Waals surface area contributed by atoms with Gasteiger partial charge in [0.1, 0.15) is 0 Å². The van der Waals surface area contributed by atoms with Gasteiger partial charge in [0.2, 0.25) is 0 Å². The highest BCUT2D eigenvalue weighted by molar-refractivity contribution is 6.31. The van der Waals surface area contributed by atoms with Crippen molar-refractivity contribution in [1.82, 2.24) is 20.0 Å². The van der Waals surface area contributed by atoms with Crippen LogP contribution in [0.1, 0.15) is 53.5 Å². The van der Waals surface area contributed by atoms with E-state index >= 15 is 0 Å². The average Bonchev–Trinajstić information content (AvgIpc) is 3.37. The SMILES string of the molecule is CCn1nc(C(=O)N2CCCC2)c2c1CC[C@@H](NCCc1ccccc1Cl)C2. The fraction of sp³-hybridized carbons (Fsp3) is 0.545. The third-order valence-corrected chi connectivity index (χ3v) is 6.40. The first-order valence-corrected chi connectivity index (χ1v) is 10.9. The van der Waals surface area contributed by atoms with Gasteiger partial charge in [0.15, 0.2) is 5.69 Å². The smallest absolute Gasteiger partial charge is 0.274 e. The number of aromatic nitrogens is 2. The van der Waals surface area contributed by atoms with Crippen LogP contribution in [0.5, 0.6) is 0 Å². The number of halogens is 1. The molecule has 1 amide bonds. The quantitative estimate of drug-likeness (QED) is 0.807. The van der Waals surface area contributed by atoms with Gasteiger partial charge in [0.05, 0.1) is 0 Å². The Bertz CT molecular complexity index is 841. The highest BCUT2D eigenvalue weighted by Gasteiger charge is 2.31. The summed E-state index contributed by atoms with van der Waals surface area (Å²) in [5, 5.41) is 9.22. The van der Waals surface area contributed by atoms with E-state index in [1.54, 1.807) is 0 Å². The molecule has 1 N–H and O–H groups in total. The summed E-state index contributed by atoms with van der Waals surface area (Å²) in [6.07, 6.45) is 6.07. The van der Waals surface area contributed by atoms with E-state index < -0.39 is 0 Å². The maximum Gasteiger partial charge on any atom is 0.274 e. The molecule has 6 heteroatoms. The first kappa shape index (κ1) is 19.5. The zero-order valence-electron chi connectivity index (χ0n) is 16.6. The molecule has 1 fully saturated rings. The van der Waals surface area contributed by atoms with Gasteiger partial charge >= 0.3 is 0 Å². The van der Waals surface area contributed by atoms with Crippen LogP contribution in [0, 0.1) is 0 Å². The molecule has 28 heavy (non-hydrogen) atoms. The van der Waals surface area contributed by atoms with E-state index in [0.29, 0.717) is 11.7 Å². The Kier molecular flexibility index (Phi) is 6.02. The first-order valence-electron chi connectivity index (χ1n) is 10.5. The third kappa shape index (κ3) is 3.96. The van der Waals surface area contributed by atoms with Crippen molar-refractivity contribution in [1.29, 1.82) is 0 Å². The molecular weight excluding hydrogens is 372 g/mol. The summed E-state index contributed by atoms with van der Waals surface area (Å²) in [7, 11) is 0. The van der Waals surface area contributed by atoms with Crippen molar-refractivity contribution in [3.63, 3.8) is 0 Å². The number of benzene rings is 1. The Morgan fingerprint density at radius 3 is 2.82 bits per heavy atom. The van der Waals surface area contributed by atoms with E-state index in [1.165, 1.54) is 16.8 Å². The molecule has 1 atom stereocenters. The van der Waals surface area contributed by atoms with Gasteiger partial charge in [-0.25, -0.2) is 0 Å². The summed E-state index contributed by atoms with van der Waals surface area (Å²) >= 11 is 6.27. The molecule has 0 unspecified atom stereocenters.